The molecule has 1 saturated heterocycles. The van der Waals surface area contributed by atoms with Gasteiger partial charge in [0, 0.05) is 12.1 Å². The SMILES string of the molecule is CN1CCC(Nc2ccc(OCCO)nc2)CC1. The summed E-state index contributed by atoms with van der Waals surface area (Å²) in [6.45, 7) is 2.58. The highest BCUT2D eigenvalue weighted by Gasteiger charge is 2.16. The highest BCUT2D eigenvalue weighted by Crippen LogP contribution is 2.17. The lowest BCUT2D eigenvalue weighted by Crippen LogP contribution is -2.36. The number of pyridine rings is 1. The average molecular weight is 251 g/mol. The molecule has 0 radical (unpaired) electrons. The molecule has 0 atom stereocenters. The molecule has 5 nitrogen and oxygen atoms in total. The summed E-state index contributed by atoms with van der Waals surface area (Å²) in [4.78, 5) is 6.54. The molecule has 0 saturated carbocycles. The molecule has 100 valence electrons. The first kappa shape index (κ1) is 13.1. The number of nitrogens with zero attached hydrogens (tertiary/aromatic N) is 2. The number of anilines is 1. The number of rotatable bonds is 5. The van der Waals surface area contributed by atoms with Crippen molar-refractivity contribution in [2.45, 2.75) is 18.9 Å². The third-order valence-corrected chi connectivity index (χ3v) is 3.17. The van der Waals surface area contributed by atoms with Crippen molar-refractivity contribution in [3.05, 3.63) is 18.3 Å². The highest BCUT2D eigenvalue weighted by molar-refractivity contribution is 5.43. The summed E-state index contributed by atoms with van der Waals surface area (Å²) in [7, 11) is 2.16. The van der Waals surface area contributed by atoms with Crippen LogP contribution in [0.1, 0.15) is 12.8 Å². The van der Waals surface area contributed by atoms with Gasteiger partial charge in [-0.05, 0) is 39.0 Å². The maximum atomic E-state index is 8.65. The molecule has 5 heteroatoms. The predicted octanol–water partition coefficient (Wildman–Crippen LogP) is 0.959. The monoisotopic (exact) mass is 251 g/mol. The molecule has 18 heavy (non-hydrogen) atoms. The molecule has 2 rings (SSSR count). The fourth-order valence-electron chi connectivity index (χ4n) is 2.09. The minimum Gasteiger partial charge on any atom is -0.475 e. The van der Waals surface area contributed by atoms with Crippen LogP contribution in [0.25, 0.3) is 0 Å². The van der Waals surface area contributed by atoms with E-state index in [4.69, 9.17) is 9.84 Å². The van der Waals surface area contributed by atoms with E-state index in [0.717, 1.165) is 18.8 Å². The van der Waals surface area contributed by atoms with Gasteiger partial charge in [-0.3, -0.25) is 0 Å². The average Bonchev–Trinajstić information content (AvgIpc) is 2.41. The molecular formula is C13H21N3O2. The molecule has 1 fully saturated rings. The van der Waals surface area contributed by atoms with Gasteiger partial charge in [-0.25, -0.2) is 4.98 Å². The van der Waals surface area contributed by atoms with E-state index in [1.165, 1.54) is 12.8 Å². The summed E-state index contributed by atoms with van der Waals surface area (Å²) in [6, 6.07) is 4.33. The van der Waals surface area contributed by atoms with Gasteiger partial charge in [0.05, 0.1) is 18.5 Å². The van der Waals surface area contributed by atoms with Gasteiger partial charge in [0.25, 0.3) is 0 Å². The molecule has 0 spiro atoms. The fraction of sp³-hybridized carbons (Fsp3) is 0.615. The van der Waals surface area contributed by atoms with Crippen LogP contribution in [0, 0.1) is 0 Å². The zero-order valence-electron chi connectivity index (χ0n) is 10.8. The topological polar surface area (TPSA) is 57.6 Å². The number of aliphatic hydroxyl groups excluding tert-OH is 1. The van der Waals surface area contributed by atoms with Crippen molar-refractivity contribution in [2.24, 2.45) is 0 Å². The van der Waals surface area contributed by atoms with E-state index in [1.54, 1.807) is 6.20 Å². The van der Waals surface area contributed by atoms with Crippen molar-refractivity contribution in [1.29, 1.82) is 0 Å². The summed E-state index contributed by atoms with van der Waals surface area (Å²) in [5, 5.41) is 12.1. The number of hydrogen-bond donors (Lipinski definition) is 2. The lowest BCUT2D eigenvalue weighted by molar-refractivity contribution is 0.196. The first-order chi connectivity index (χ1) is 8.78. The summed E-state index contributed by atoms with van der Waals surface area (Å²) in [5.41, 5.74) is 1.03. The van der Waals surface area contributed by atoms with Crippen molar-refractivity contribution in [3.8, 4) is 5.88 Å². The van der Waals surface area contributed by atoms with Gasteiger partial charge in [-0.2, -0.15) is 0 Å². The number of aliphatic hydroxyl groups is 1. The molecule has 1 aliphatic rings. The molecule has 1 aromatic heterocycles. The third kappa shape index (κ3) is 3.85. The molecule has 1 aliphatic heterocycles. The van der Waals surface area contributed by atoms with E-state index in [2.05, 4.69) is 22.2 Å². The highest BCUT2D eigenvalue weighted by atomic mass is 16.5. The van der Waals surface area contributed by atoms with Crippen molar-refractivity contribution in [1.82, 2.24) is 9.88 Å². The van der Waals surface area contributed by atoms with Gasteiger partial charge in [0.2, 0.25) is 5.88 Å². The number of ether oxygens (including phenoxy) is 1. The summed E-state index contributed by atoms with van der Waals surface area (Å²) < 4.78 is 5.22. The van der Waals surface area contributed by atoms with Crippen molar-refractivity contribution < 1.29 is 9.84 Å². The van der Waals surface area contributed by atoms with E-state index in [0.29, 0.717) is 11.9 Å². The van der Waals surface area contributed by atoms with Gasteiger partial charge in [0.1, 0.15) is 6.61 Å². The lowest BCUT2D eigenvalue weighted by atomic mass is 10.1. The number of nitrogens with one attached hydrogen (secondary N) is 1. The quantitative estimate of drug-likeness (QED) is 0.816. The molecule has 0 bridgehead atoms. The van der Waals surface area contributed by atoms with Crippen molar-refractivity contribution in [3.63, 3.8) is 0 Å². The Bertz CT molecular complexity index is 348. The Hall–Kier alpha value is -1.33. The fourth-order valence-corrected chi connectivity index (χ4v) is 2.09. The van der Waals surface area contributed by atoms with E-state index >= 15 is 0 Å². The van der Waals surface area contributed by atoms with Crippen LogP contribution in [0.3, 0.4) is 0 Å². The molecule has 0 aromatic carbocycles. The van der Waals surface area contributed by atoms with Gasteiger partial charge < -0.3 is 20.1 Å². The minimum atomic E-state index is 0.0112. The van der Waals surface area contributed by atoms with Crippen LogP contribution in [0.5, 0.6) is 5.88 Å². The molecule has 2 heterocycles. The van der Waals surface area contributed by atoms with E-state index in [1.807, 2.05) is 12.1 Å². The molecular weight excluding hydrogens is 230 g/mol. The number of aromatic nitrogens is 1. The standard InChI is InChI=1S/C13H21N3O2/c1-16-6-4-11(5-7-16)15-12-2-3-13(14-10-12)18-9-8-17/h2-3,10-11,15,17H,4-9H2,1H3. The lowest BCUT2D eigenvalue weighted by Gasteiger charge is -2.30. The Labute approximate surface area is 108 Å². The van der Waals surface area contributed by atoms with Crippen LogP contribution >= 0.6 is 0 Å². The maximum absolute atomic E-state index is 8.65. The van der Waals surface area contributed by atoms with Crippen LogP contribution in [-0.2, 0) is 0 Å². The molecule has 0 aliphatic carbocycles. The van der Waals surface area contributed by atoms with Gasteiger partial charge in [-0.1, -0.05) is 0 Å². The number of hydrogen-bond acceptors (Lipinski definition) is 5. The molecule has 1 aromatic rings. The Morgan fingerprint density at radius 1 is 1.44 bits per heavy atom. The Balaban J connectivity index is 1.82. The molecule has 0 unspecified atom stereocenters. The summed E-state index contributed by atoms with van der Waals surface area (Å²) >= 11 is 0. The smallest absolute Gasteiger partial charge is 0.213 e. The van der Waals surface area contributed by atoms with Crippen molar-refractivity contribution in [2.75, 3.05) is 38.7 Å². The summed E-state index contributed by atoms with van der Waals surface area (Å²) in [5.74, 6) is 0.554. The molecule has 0 amide bonds. The molecule has 2 N–H and O–H groups in total. The normalized spacial score (nSPS) is 17.7. The zero-order chi connectivity index (χ0) is 12.8. The second kappa shape index (κ2) is 6.56. The summed E-state index contributed by atoms with van der Waals surface area (Å²) in [6.07, 6.45) is 4.11. The van der Waals surface area contributed by atoms with Crippen LogP contribution in [0.4, 0.5) is 5.69 Å². The van der Waals surface area contributed by atoms with E-state index in [9.17, 15) is 0 Å². The third-order valence-electron chi connectivity index (χ3n) is 3.17. The van der Waals surface area contributed by atoms with Crippen LogP contribution < -0.4 is 10.1 Å². The van der Waals surface area contributed by atoms with Gasteiger partial charge >= 0.3 is 0 Å². The largest absolute Gasteiger partial charge is 0.475 e. The van der Waals surface area contributed by atoms with Gasteiger partial charge in [0.15, 0.2) is 0 Å². The maximum Gasteiger partial charge on any atom is 0.213 e. The Kier molecular flexibility index (Phi) is 4.78. The second-order valence-corrected chi connectivity index (χ2v) is 4.68. The number of likely N-dealkylation sites (tertiary alicyclic amines) is 1. The predicted molar refractivity (Wildman–Crippen MR) is 71.0 cm³/mol. The Morgan fingerprint density at radius 3 is 2.83 bits per heavy atom. The Morgan fingerprint density at radius 2 is 2.22 bits per heavy atom. The van der Waals surface area contributed by atoms with Crippen LogP contribution in [0.2, 0.25) is 0 Å². The first-order valence-electron chi connectivity index (χ1n) is 6.43. The minimum absolute atomic E-state index is 0.0112. The van der Waals surface area contributed by atoms with E-state index in [-0.39, 0.29) is 13.2 Å². The second-order valence-electron chi connectivity index (χ2n) is 4.68. The van der Waals surface area contributed by atoms with Crippen LogP contribution in [0.15, 0.2) is 18.3 Å². The first-order valence-corrected chi connectivity index (χ1v) is 6.43. The number of piperidine rings is 1. The van der Waals surface area contributed by atoms with E-state index < -0.39 is 0 Å². The van der Waals surface area contributed by atoms with Crippen molar-refractivity contribution >= 4 is 5.69 Å². The van der Waals surface area contributed by atoms with Gasteiger partial charge in [-0.15, -0.1) is 0 Å². The zero-order valence-corrected chi connectivity index (χ0v) is 10.8. The van der Waals surface area contributed by atoms with Crippen LogP contribution in [-0.4, -0.2) is 54.4 Å².